The first kappa shape index (κ1) is 29.6. The molecule has 0 saturated carbocycles. The Kier molecular flexibility index (Phi) is 6.55. The van der Waals surface area contributed by atoms with Crippen molar-refractivity contribution < 1.29 is 8.83 Å². The van der Waals surface area contributed by atoms with Gasteiger partial charge in [0.1, 0.15) is 22.3 Å². The summed E-state index contributed by atoms with van der Waals surface area (Å²) in [5.41, 5.74) is 10.9. The minimum absolute atomic E-state index is 0.839. The molecule has 0 atom stereocenters. The first-order valence-corrected chi connectivity index (χ1v) is 18.0. The number of benzene rings is 9. The van der Waals surface area contributed by atoms with Gasteiger partial charge >= 0.3 is 0 Å². The van der Waals surface area contributed by atoms with Gasteiger partial charge in [-0.15, -0.1) is 0 Å². The first-order chi connectivity index (χ1) is 26.3. The molecule has 248 valence electrons. The summed E-state index contributed by atoms with van der Waals surface area (Å²) in [6, 6.07) is 66.6. The quantitative estimate of drug-likeness (QED) is 0.170. The molecule has 0 unspecified atom stereocenters. The third kappa shape index (κ3) is 4.61. The molecular weight excluding hydrogens is 647 g/mol. The summed E-state index contributed by atoms with van der Waals surface area (Å²) < 4.78 is 13.6. The molecule has 3 heteroatoms. The fourth-order valence-corrected chi connectivity index (χ4v) is 8.24. The lowest BCUT2D eigenvalue weighted by Gasteiger charge is -2.28. The zero-order valence-electron chi connectivity index (χ0n) is 28.7. The number of fused-ring (bicyclic) bond motifs is 9. The van der Waals surface area contributed by atoms with Crippen LogP contribution in [0.5, 0.6) is 0 Å². The second kappa shape index (κ2) is 11.7. The molecule has 0 N–H and O–H groups in total. The van der Waals surface area contributed by atoms with Gasteiger partial charge in [-0.25, -0.2) is 0 Å². The average molecular weight is 678 g/mol. The van der Waals surface area contributed by atoms with Crippen molar-refractivity contribution in [3.8, 4) is 22.3 Å². The molecule has 2 aromatic heterocycles. The van der Waals surface area contributed by atoms with Gasteiger partial charge in [0.05, 0.1) is 22.1 Å². The van der Waals surface area contributed by atoms with Crippen LogP contribution in [0.4, 0.5) is 17.1 Å². The molecule has 0 aliphatic rings. The van der Waals surface area contributed by atoms with Gasteiger partial charge < -0.3 is 13.7 Å². The Bertz CT molecular complexity index is 3170. The lowest BCUT2D eigenvalue weighted by molar-refractivity contribution is 0.670. The van der Waals surface area contributed by atoms with E-state index in [2.05, 4.69) is 187 Å². The summed E-state index contributed by atoms with van der Waals surface area (Å²) >= 11 is 0. The molecule has 0 radical (unpaired) electrons. The van der Waals surface area contributed by atoms with E-state index in [1.165, 1.54) is 21.5 Å². The second-order valence-electron chi connectivity index (χ2n) is 13.6. The van der Waals surface area contributed by atoms with Crippen LogP contribution in [0.15, 0.2) is 197 Å². The highest BCUT2D eigenvalue weighted by molar-refractivity contribution is 6.21. The number of anilines is 3. The molecule has 0 bridgehead atoms. The Morgan fingerprint density at radius 2 is 0.925 bits per heavy atom. The van der Waals surface area contributed by atoms with Crippen LogP contribution in [0.25, 0.3) is 87.7 Å². The van der Waals surface area contributed by atoms with Gasteiger partial charge in [-0.3, -0.25) is 0 Å². The van der Waals surface area contributed by atoms with Gasteiger partial charge in [0.2, 0.25) is 0 Å². The topological polar surface area (TPSA) is 29.5 Å². The Balaban J connectivity index is 1.26. The molecular formula is C50H31NO2. The highest BCUT2D eigenvalue weighted by Gasteiger charge is 2.25. The molecule has 3 nitrogen and oxygen atoms in total. The third-order valence-corrected chi connectivity index (χ3v) is 10.6. The largest absolute Gasteiger partial charge is 0.455 e. The third-order valence-electron chi connectivity index (χ3n) is 10.6. The minimum atomic E-state index is 0.839. The zero-order chi connectivity index (χ0) is 34.9. The molecule has 2 heterocycles. The average Bonchev–Trinajstić information content (AvgIpc) is 3.81. The van der Waals surface area contributed by atoms with Crippen LogP contribution in [-0.4, -0.2) is 0 Å². The Hall–Kier alpha value is -7.10. The maximum absolute atomic E-state index is 6.80. The molecule has 0 fully saturated rings. The van der Waals surface area contributed by atoms with E-state index < -0.39 is 0 Å². The second-order valence-corrected chi connectivity index (χ2v) is 13.6. The van der Waals surface area contributed by atoms with Gasteiger partial charge in [-0.1, -0.05) is 146 Å². The normalized spacial score (nSPS) is 11.8. The van der Waals surface area contributed by atoms with Crippen LogP contribution in [0.3, 0.4) is 0 Å². The molecule has 0 amide bonds. The van der Waals surface area contributed by atoms with Crippen molar-refractivity contribution in [3.63, 3.8) is 0 Å². The van der Waals surface area contributed by atoms with E-state index in [9.17, 15) is 0 Å². The van der Waals surface area contributed by atoms with E-state index in [4.69, 9.17) is 8.83 Å². The van der Waals surface area contributed by atoms with E-state index >= 15 is 0 Å². The van der Waals surface area contributed by atoms with Crippen molar-refractivity contribution in [2.45, 2.75) is 0 Å². The van der Waals surface area contributed by atoms with Gasteiger partial charge in [-0.05, 0) is 75.1 Å². The summed E-state index contributed by atoms with van der Waals surface area (Å²) in [6.07, 6.45) is 0. The highest BCUT2D eigenvalue weighted by atomic mass is 16.3. The van der Waals surface area contributed by atoms with Crippen LogP contribution in [-0.2, 0) is 0 Å². The molecule has 0 spiro atoms. The van der Waals surface area contributed by atoms with Crippen molar-refractivity contribution in [1.82, 2.24) is 0 Å². The van der Waals surface area contributed by atoms with Crippen molar-refractivity contribution in [3.05, 3.63) is 188 Å². The van der Waals surface area contributed by atoms with Crippen molar-refractivity contribution in [1.29, 1.82) is 0 Å². The maximum atomic E-state index is 6.80. The van der Waals surface area contributed by atoms with Crippen LogP contribution in [0.1, 0.15) is 0 Å². The van der Waals surface area contributed by atoms with Gasteiger partial charge in [0.25, 0.3) is 0 Å². The Labute approximate surface area is 305 Å². The fraction of sp³-hybridized carbons (Fsp3) is 0. The maximum Gasteiger partial charge on any atom is 0.145 e. The summed E-state index contributed by atoms with van der Waals surface area (Å²) in [5, 5.41) is 9.12. The van der Waals surface area contributed by atoms with Gasteiger partial charge in [0, 0.05) is 27.6 Å². The smallest absolute Gasteiger partial charge is 0.145 e. The number of hydrogen-bond donors (Lipinski definition) is 0. The predicted molar refractivity (Wildman–Crippen MR) is 222 cm³/mol. The van der Waals surface area contributed by atoms with E-state index in [0.717, 1.165) is 83.2 Å². The number of rotatable bonds is 5. The number of furan rings is 2. The molecule has 53 heavy (non-hydrogen) atoms. The number of para-hydroxylation sites is 2. The Morgan fingerprint density at radius 1 is 0.340 bits per heavy atom. The monoisotopic (exact) mass is 677 g/mol. The van der Waals surface area contributed by atoms with E-state index in [-0.39, 0.29) is 0 Å². The number of hydrogen-bond acceptors (Lipinski definition) is 3. The van der Waals surface area contributed by atoms with E-state index in [1.807, 2.05) is 6.07 Å². The lowest BCUT2D eigenvalue weighted by atomic mass is 9.98. The fourth-order valence-electron chi connectivity index (χ4n) is 8.24. The van der Waals surface area contributed by atoms with E-state index in [1.54, 1.807) is 0 Å². The molecule has 0 saturated heterocycles. The predicted octanol–water partition coefficient (Wildman–Crippen LogP) is 14.6. The van der Waals surface area contributed by atoms with Gasteiger partial charge in [-0.2, -0.15) is 0 Å². The van der Waals surface area contributed by atoms with Crippen LogP contribution in [0.2, 0.25) is 0 Å². The molecule has 11 rings (SSSR count). The van der Waals surface area contributed by atoms with Crippen molar-refractivity contribution in [2.24, 2.45) is 0 Å². The van der Waals surface area contributed by atoms with Gasteiger partial charge in [0.15, 0.2) is 0 Å². The number of nitrogens with zero attached hydrogens (tertiary/aromatic N) is 1. The first-order valence-electron chi connectivity index (χ1n) is 18.0. The summed E-state index contributed by atoms with van der Waals surface area (Å²) in [7, 11) is 0. The van der Waals surface area contributed by atoms with Crippen LogP contribution >= 0.6 is 0 Å². The molecule has 0 aliphatic heterocycles. The summed E-state index contributed by atoms with van der Waals surface area (Å²) in [5.74, 6) is 0. The summed E-state index contributed by atoms with van der Waals surface area (Å²) in [6.45, 7) is 0. The highest BCUT2D eigenvalue weighted by Crippen LogP contribution is 2.50. The minimum Gasteiger partial charge on any atom is -0.455 e. The lowest BCUT2D eigenvalue weighted by Crippen LogP contribution is -2.11. The van der Waals surface area contributed by atoms with Crippen LogP contribution in [0, 0.1) is 0 Å². The SMILES string of the molecule is c1ccc(-c2cccc3c2oc2cccc(N(c4ccc5ccc6ccccc6c5c4)c4ccc(-c5ccccc5)c5oc6ccccc6c45)c23)cc1. The molecule has 11 aromatic rings. The summed E-state index contributed by atoms with van der Waals surface area (Å²) in [4.78, 5) is 2.41. The zero-order valence-corrected chi connectivity index (χ0v) is 28.7. The Morgan fingerprint density at radius 3 is 1.74 bits per heavy atom. The molecule has 9 aromatic carbocycles. The van der Waals surface area contributed by atoms with Crippen molar-refractivity contribution in [2.75, 3.05) is 4.90 Å². The standard InChI is InChI=1S/C50H31NO2/c1-3-13-32(14-4-1)38-20-11-21-41-47-43(22-12-24-46(47)53-49(38)41)51(36-28-27-35-26-25-34-17-7-8-18-37(34)42(35)31-36)44-30-29-39(33-15-5-2-6-16-33)50-48(44)40-19-9-10-23-45(40)52-50/h1-31H. The molecule has 0 aliphatic carbocycles. The van der Waals surface area contributed by atoms with Crippen molar-refractivity contribution >= 4 is 82.5 Å². The van der Waals surface area contributed by atoms with E-state index in [0.29, 0.717) is 0 Å². The van der Waals surface area contributed by atoms with Crippen LogP contribution < -0.4 is 4.90 Å².